The van der Waals surface area contributed by atoms with Crippen molar-refractivity contribution in [2.24, 2.45) is 0 Å². The molecule has 1 aromatic heterocycles. The van der Waals surface area contributed by atoms with Crippen LogP contribution in [0.3, 0.4) is 0 Å². The van der Waals surface area contributed by atoms with Crippen LogP contribution in [0.1, 0.15) is 18.2 Å². The standard InChI is InChI=1S/C14H18N2O2S2/c1-3-11-6-4-5-7-13(11)16-14-15-12(10-19-14)8-9-20(2,17)18/h4-7,10H,3,8-9H2,1-2H3,(H,15,16). The third kappa shape index (κ3) is 4.31. The number of aryl methyl sites for hydroxylation is 2. The minimum absolute atomic E-state index is 0.141. The monoisotopic (exact) mass is 310 g/mol. The second-order valence-electron chi connectivity index (χ2n) is 4.66. The van der Waals surface area contributed by atoms with Crippen LogP contribution >= 0.6 is 11.3 Å². The smallest absolute Gasteiger partial charge is 0.187 e. The Kier molecular flexibility index (Phi) is 4.77. The van der Waals surface area contributed by atoms with Crippen LogP contribution in [0.25, 0.3) is 0 Å². The lowest BCUT2D eigenvalue weighted by Gasteiger charge is -2.07. The second-order valence-corrected chi connectivity index (χ2v) is 7.78. The van der Waals surface area contributed by atoms with E-state index in [-0.39, 0.29) is 5.75 Å². The molecular weight excluding hydrogens is 292 g/mol. The van der Waals surface area contributed by atoms with Crippen LogP contribution in [0.2, 0.25) is 0 Å². The quantitative estimate of drug-likeness (QED) is 0.891. The molecule has 0 saturated heterocycles. The zero-order valence-electron chi connectivity index (χ0n) is 11.6. The number of benzene rings is 1. The van der Waals surface area contributed by atoms with Crippen molar-refractivity contribution in [3.05, 3.63) is 40.9 Å². The van der Waals surface area contributed by atoms with Gasteiger partial charge in [-0.15, -0.1) is 11.3 Å². The summed E-state index contributed by atoms with van der Waals surface area (Å²) in [6, 6.07) is 8.11. The molecule has 0 spiro atoms. The van der Waals surface area contributed by atoms with Gasteiger partial charge in [-0.05, 0) is 18.1 Å². The number of nitrogens with zero attached hydrogens (tertiary/aromatic N) is 1. The highest BCUT2D eigenvalue weighted by Crippen LogP contribution is 2.24. The predicted molar refractivity (Wildman–Crippen MR) is 84.6 cm³/mol. The van der Waals surface area contributed by atoms with E-state index in [9.17, 15) is 8.42 Å². The van der Waals surface area contributed by atoms with Crippen LogP contribution in [-0.4, -0.2) is 25.4 Å². The summed E-state index contributed by atoms with van der Waals surface area (Å²) in [5.41, 5.74) is 3.11. The minimum atomic E-state index is -2.94. The van der Waals surface area contributed by atoms with Gasteiger partial charge in [0.15, 0.2) is 5.13 Å². The summed E-state index contributed by atoms with van der Waals surface area (Å²) in [5, 5.41) is 6.00. The van der Waals surface area contributed by atoms with Crippen molar-refractivity contribution in [1.82, 2.24) is 4.98 Å². The molecule has 0 saturated carbocycles. The first-order valence-corrected chi connectivity index (χ1v) is 9.39. The molecule has 6 heteroatoms. The molecule has 20 heavy (non-hydrogen) atoms. The molecule has 0 amide bonds. The Morgan fingerprint density at radius 1 is 1.30 bits per heavy atom. The maximum atomic E-state index is 11.1. The molecule has 0 radical (unpaired) electrons. The molecule has 4 nitrogen and oxygen atoms in total. The zero-order chi connectivity index (χ0) is 14.6. The van der Waals surface area contributed by atoms with E-state index in [1.165, 1.54) is 23.2 Å². The Morgan fingerprint density at radius 3 is 2.75 bits per heavy atom. The van der Waals surface area contributed by atoms with E-state index >= 15 is 0 Å². The molecule has 0 unspecified atom stereocenters. The highest BCUT2D eigenvalue weighted by atomic mass is 32.2. The van der Waals surface area contributed by atoms with E-state index in [1.54, 1.807) is 0 Å². The number of para-hydroxylation sites is 1. The van der Waals surface area contributed by atoms with E-state index in [4.69, 9.17) is 0 Å². The van der Waals surface area contributed by atoms with Gasteiger partial charge in [0.1, 0.15) is 9.84 Å². The van der Waals surface area contributed by atoms with E-state index in [1.807, 2.05) is 23.6 Å². The molecule has 1 heterocycles. The van der Waals surface area contributed by atoms with Crippen LogP contribution in [0.5, 0.6) is 0 Å². The van der Waals surface area contributed by atoms with Crippen LogP contribution in [0.15, 0.2) is 29.6 Å². The number of rotatable bonds is 6. The molecule has 108 valence electrons. The summed E-state index contributed by atoms with van der Waals surface area (Å²) < 4.78 is 22.3. The van der Waals surface area contributed by atoms with Crippen molar-refractivity contribution >= 4 is 32.0 Å². The molecule has 0 fully saturated rings. The van der Waals surface area contributed by atoms with E-state index in [0.717, 1.165) is 22.9 Å². The Hall–Kier alpha value is -1.40. The molecule has 0 bridgehead atoms. The SMILES string of the molecule is CCc1ccccc1Nc1nc(CCS(C)(=O)=O)cs1. The van der Waals surface area contributed by atoms with Gasteiger partial charge in [-0.25, -0.2) is 13.4 Å². The molecule has 0 aliphatic carbocycles. The van der Waals surface area contributed by atoms with Gasteiger partial charge in [-0.2, -0.15) is 0 Å². The normalized spacial score (nSPS) is 11.5. The maximum Gasteiger partial charge on any atom is 0.187 e. The first-order valence-electron chi connectivity index (χ1n) is 6.45. The number of anilines is 2. The molecule has 0 aliphatic heterocycles. The summed E-state index contributed by atoms with van der Waals surface area (Å²) >= 11 is 1.50. The zero-order valence-corrected chi connectivity index (χ0v) is 13.2. The average Bonchev–Trinajstić information content (AvgIpc) is 2.84. The first-order chi connectivity index (χ1) is 9.48. The number of aromatic nitrogens is 1. The molecule has 2 aromatic rings. The predicted octanol–water partition coefficient (Wildman–Crippen LogP) is 3.04. The molecule has 0 aliphatic rings. The number of thiazole rings is 1. The summed E-state index contributed by atoms with van der Waals surface area (Å²) in [5.74, 6) is 0.141. The molecule has 1 aromatic carbocycles. The lowest BCUT2D eigenvalue weighted by atomic mass is 10.1. The lowest BCUT2D eigenvalue weighted by Crippen LogP contribution is -2.06. The maximum absolute atomic E-state index is 11.1. The van der Waals surface area contributed by atoms with Gasteiger partial charge in [0, 0.05) is 23.7 Å². The van der Waals surface area contributed by atoms with Crippen LogP contribution in [-0.2, 0) is 22.7 Å². The summed E-state index contributed by atoms with van der Waals surface area (Å²) in [6.07, 6.45) is 2.66. The fourth-order valence-electron chi connectivity index (χ4n) is 1.83. The van der Waals surface area contributed by atoms with Gasteiger partial charge >= 0.3 is 0 Å². The Balaban J connectivity index is 2.06. The van der Waals surface area contributed by atoms with Crippen molar-refractivity contribution < 1.29 is 8.42 Å². The number of nitrogens with one attached hydrogen (secondary N) is 1. The van der Waals surface area contributed by atoms with Crippen molar-refractivity contribution in [2.75, 3.05) is 17.3 Å². The van der Waals surface area contributed by atoms with Crippen LogP contribution in [0, 0.1) is 0 Å². The van der Waals surface area contributed by atoms with Gasteiger partial charge in [0.05, 0.1) is 11.4 Å². The fraction of sp³-hybridized carbons (Fsp3) is 0.357. The highest BCUT2D eigenvalue weighted by molar-refractivity contribution is 7.90. The van der Waals surface area contributed by atoms with Gasteiger partial charge in [0.2, 0.25) is 0 Å². The van der Waals surface area contributed by atoms with Gasteiger partial charge < -0.3 is 5.32 Å². The lowest BCUT2D eigenvalue weighted by molar-refractivity contribution is 0.601. The summed E-state index contributed by atoms with van der Waals surface area (Å²) in [4.78, 5) is 4.43. The second kappa shape index (κ2) is 6.37. The van der Waals surface area contributed by atoms with Crippen LogP contribution < -0.4 is 5.32 Å². The van der Waals surface area contributed by atoms with Gasteiger partial charge in [-0.1, -0.05) is 25.1 Å². The minimum Gasteiger partial charge on any atom is -0.331 e. The van der Waals surface area contributed by atoms with Crippen LogP contribution in [0.4, 0.5) is 10.8 Å². The first kappa shape index (κ1) is 15.0. The van der Waals surface area contributed by atoms with Gasteiger partial charge in [-0.3, -0.25) is 0 Å². The largest absolute Gasteiger partial charge is 0.331 e. The fourth-order valence-corrected chi connectivity index (χ4v) is 3.17. The summed E-state index contributed by atoms with van der Waals surface area (Å²) in [6.45, 7) is 2.11. The molecule has 2 rings (SSSR count). The average molecular weight is 310 g/mol. The third-order valence-electron chi connectivity index (χ3n) is 2.92. The van der Waals surface area contributed by atoms with Crippen molar-refractivity contribution in [3.8, 4) is 0 Å². The van der Waals surface area contributed by atoms with Crippen molar-refractivity contribution in [3.63, 3.8) is 0 Å². The van der Waals surface area contributed by atoms with E-state index in [2.05, 4.69) is 23.3 Å². The topological polar surface area (TPSA) is 59.1 Å². The number of hydrogen-bond donors (Lipinski definition) is 1. The molecule has 0 atom stereocenters. The van der Waals surface area contributed by atoms with E-state index in [0.29, 0.717) is 6.42 Å². The van der Waals surface area contributed by atoms with Gasteiger partial charge in [0.25, 0.3) is 0 Å². The number of sulfone groups is 1. The Bertz CT molecular complexity index is 678. The summed E-state index contributed by atoms with van der Waals surface area (Å²) in [7, 11) is -2.94. The Labute approximate surface area is 123 Å². The van der Waals surface area contributed by atoms with Crippen molar-refractivity contribution in [2.45, 2.75) is 19.8 Å². The van der Waals surface area contributed by atoms with Crippen molar-refractivity contribution in [1.29, 1.82) is 0 Å². The number of hydrogen-bond acceptors (Lipinski definition) is 5. The molecular formula is C14H18N2O2S2. The third-order valence-corrected chi connectivity index (χ3v) is 4.67. The van der Waals surface area contributed by atoms with E-state index < -0.39 is 9.84 Å². The Morgan fingerprint density at radius 2 is 2.05 bits per heavy atom. The highest BCUT2D eigenvalue weighted by Gasteiger charge is 2.08. The molecule has 1 N–H and O–H groups in total.